The Morgan fingerprint density at radius 2 is 2.08 bits per heavy atom. The van der Waals surface area contributed by atoms with Gasteiger partial charge in [-0.3, -0.25) is 0 Å². The Bertz CT molecular complexity index is 336. The van der Waals surface area contributed by atoms with E-state index in [9.17, 15) is 5.11 Å². The molecule has 1 fully saturated rings. The highest BCUT2D eigenvalue weighted by Gasteiger charge is 2.38. The van der Waals surface area contributed by atoms with Gasteiger partial charge < -0.3 is 5.11 Å². The number of hydrogen-bond donors (Lipinski definition) is 1. The smallest absolute Gasteiger partial charge is 0.147 e. The molecule has 1 N–H and O–H groups in total. The van der Waals surface area contributed by atoms with E-state index in [0.29, 0.717) is 10.6 Å². The van der Waals surface area contributed by atoms with Gasteiger partial charge in [0.15, 0.2) is 0 Å². The molecule has 0 atom stereocenters. The van der Waals surface area contributed by atoms with E-state index in [1.54, 1.807) is 12.3 Å². The lowest BCUT2D eigenvalue weighted by atomic mass is 9.75. The van der Waals surface area contributed by atoms with Crippen molar-refractivity contribution in [3.63, 3.8) is 0 Å². The molecule has 0 spiro atoms. The monoisotopic (exact) mass is 217 g/mol. The first-order chi connectivity index (χ1) is 6.13. The van der Waals surface area contributed by atoms with Crippen molar-refractivity contribution in [3.05, 3.63) is 28.0 Å². The SMILES string of the molecule is OC1(c2ccnc(Cl)c2Cl)CCC1. The Labute approximate surface area is 86.5 Å². The molecule has 1 aromatic rings. The topological polar surface area (TPSA) is 33.1 Å². The van der Waals surface area contributed by atoms with Gasteiger partial charge in [-0.15, -0.1) is 0 Å². The van der Waals surface area contributed by atoms with E-state index in [4.69, 9.17) is 23.2 Å². The Balaban J connectivity index is 2.45. The third kappa shape index (κ3) is 1.43. The van der Waals surface area contributed by atoms with Gasteiger partial charge >= 0.3 is 0 Å². The molecule has 0 radical (unpaired) electrons. The molecule has 1 aliphatic carbocycles. The summed E-state index contributed by atoms with van der Waals surface area (Å²) < 4.78 is 0. The molecule has 2 rings (SSSR count). The van der Waals surface area contributed by atoms with E-state index in [-0.39, 0.29) is 5.15 Å². The van der Waals surface area contributed by atoms with Crippen LogP contribution in [0.4, 0.5) is 0 Å². The summed E-state index contributed by atoms with van der Waals surface area (Å²) in [5.41, 5.74) is -0.0515. The van der Waals surface area contributed by atoms with Crippen LogP contribution in [0, 0.1) is 0 Å². The first-order valence-electron chi connectivity index (χ1n) is 4.16. The van der Waals surface area contributed by atoms with Gasteiger partial charge in [0.25, 0.3) is 0 Å². The molecule has 0 bridgehead atoms. The number of rotatable bonds is 1. The zero-order valence-corrected chi connectivity index (χ0v) is 8.44. The van der Waals surface area contributed by atoms with E-state index in [1.807, 2.05) is 0 Å². The summed E-state index contributed by atoms with van der Waals surface area (Å²) in [5.74, 6) is 0. The number of pyridine rings is 1. The van der Waals surface area contributed by atoms with E-state index in [2.05, 4.69) is 4.98 Å². The molecule has 0 unspecified atom stereocenters. The largest absolute Gasteiger partial charge is 0.385 e. The maximum absolute atomic E-state index is 10.0. The molecule has 1 heterocycles. The maximum Gasteiger partial charge on any atom is 0.147 e. The third-order valence-corrected chi connectivity index (χ3v) is 3.29. The zero-order valence-electron chi connectivity index (χ0n) is 6.93. The average molecular weight is 218 g/mol. The summed E-state index contributed by atoms with van der Waals surface area (Å²) in [6, 6.07) is 1.73. The minimum atomic E-state index is -0.760. The van der Waals surface area contributed by atoms with Gasteiger partial charge in [0.2, 0.25) is 0 Å². The van der Waals surface area contributed by atoms with E-state index in [0.717, 1.165) is 19.3 Å². The number of hydrogen-bond acceptors (Lipinski definition) is 2. The number of aliphatic hydroxyl groups is 1. The molecule has 13 heavy (non-hydrogen) atoms. The Hall–Kier alpha value is -0.310. The summed E-state index contributed by atoms with van der Waals surface area (Å²) in [6.45, 7) is 0. The van der Waals surface area contributed by atoms with E-state index >= 15 is 0 Å². The first kappa shape index (κ1) is 9.25. The molecular formula is C9H9Cl2NO. The minimum absolute atomic E-state index is 0.263. The molecule has 1 aromatic heterocycles. The van der Waals surface area contributed by atoms with Gasteiger partial charge in [0.1, 0.15) is 5.15 Å². The highest BCUT2D eigenvalue weighted by atomic mass is 35.5. The highest BCUT2D eigenvalue weighted by molar-refractivity contribution is 6.41. The van der Waals surface area contributed by atoms with Crippen molar-refractivity contribution in [1.29, 1.82) is 0 Å². The Kier molecular flexibility index (Phi) is 2.22. The zero-order chi connectivity index (χ0) is 9.47. The predicted molar refractivity (Wildman–Crippen MR) is 52.0 cm³/mol. The van der Waals surface area contributed by atoms with E-state index in [1.165, 1.54) is 0 Å². The van der Waals surface area contributed by atoms with Gasteiger partial charge in [-0.1, -0.05) is 23.2 Å². The van der Waals surface area contributed by atoms with Gasteiger partial charge in [-0.2, -0.15) is 0 Å². The summed E-state index contributed by atoms with van der Waals surface area (Å²) in [7, 11) is 0. The molecule has 0 aromatic carbocycles. The van der Waals surface area contributed by atoms with Gasteiger partial charge in [0, 0.05) is 11.8 Å². The van der Waals surface area contributed by atoms with Gasteiger partial charge in [0.05, 0.1) is 10.6 Å². The van der Waals surface area contributed by atoms with Crippen LogP contribution in [0.25, 0.3) is 0 Å². The number of halogens is 2. The van der Waals surface area contributed by atoms with Crippen LogP contribution >= 0.6 is 23.2 Å². The highest BCUT2D eigenvalue weighted by Crippen LogP contribution is 2.44. The molecule has 70 valence electrons. The summed E-state index contributed by atoms with van der Waals surface area (Å²) in [4.78, 5) is 3.83. The summed E-state index contributed by atoms with van der Waals surface area (Å²) >= 11 is 11.7. The molecule has 0 amide bonds. The van der Waals surface area contributed by atoms with Crippen LogP contribution in [0.3, 0.4) is 0 Å². The summed E-state index contributed by atoms with van der Waals surface area (Å²) in [5, 5.41) is 10.7. The molecule has 1 saturated carbocycles. The number of aromatic nitrogens is 1. The van der Waals surface area contributed by atoms with Crippen LogP contribution in [0.1, 0.15) is 24.8 Å². The lowest BCUT2D eigenvalue weighted by Crippen LogP contribution is -2.33. The van der Waals surface area contributed by atoms with Gasteiger partial charge in [-0.05, 0) is 25.3 Å². The molecule has 0 aliphatic heterocycles. The quantitative estimate of drug-likeness (QED) is 0.735. The standard InChI is InChI=1S/C9H9Cl2NO/c10-7-6(2-5-12-8(7)11)9(13)3-1-4-9/h2,5,13H,1,3-4H2. The third-order valence-electron chi connectivity index (χ3n) is 2.53. The Morgan fingerprint density at radius 3 is 2.62 bits per heavy atom. The molecule has 0 saturated heterocycles. The molecule has 1 aliphatic rings. The van der Waals surface area contributed by atoms with Crippen LogP contribution < -0.4 is 0 Å². The molecular weight excluding hydrogens is 209 g/mol. The normalized spacial score (nSPS) is 19.6. The van der Waals surface area contributed by atoms with Crippen LogP contribution in [0.2, 0.25) is 10.2 Å². The van der Waals surface area contributed by atoms with Crippen molar-refractivity contribution < 1.29 is 5.11 Å². The van der Waals surface area contributed by atoms with Crippen LogP contribution in [0.15, 0.2) is 12.3 Å². The fourth-order valence-electron chi connectivity index (χ4n) is 1.56. The summed E-state index contributed by atoms with van der Waals surface area (Å²) in [6.07, 6.45) is 4.12. The fraction of sp³-hybridized carbons (Fsp3) is 0.444. The fourth-order valence-corrected chi connectivity index (χ4v) is 2.00. The second-order valence-electron chi connectivity index (χ2n) is 3.35. The minimum Gasteiger partial charge on any atom is -0.385 e. The van der Waals surface area contributed by atoms with Crippen LogP contribution in [0.5, 0.6) is 0 Å². The predicted octanol–water partition coefficient (Wildman–Crippen LogP) is 2.76. The first-order valence-corrected chi connectivity index (χ1v) is 4.92. The lowest BCUT2D eigenvalue weighted by Gasteiger charge is -2.37. The average Bonchev–Trinajstić information content (AvgIpc) is 2.06. The number of nitrogens with zero attached hydrogens (tertiary/aromatic N) is 1. The second kappa shape index (κ2) is 3.12. The molecule has 2 nitrogen and oxygen atoms in total. The van der Waals surface area contributed by atoms with Crippen molar-refractivity contribution in [2.45, 2.75) is 24.9 Å². The van der Waals surface area contributed by atoms with Crippen LogP contribution in [-0.4, -0.2) is 10.1 Å². The van der Waals surface area contributed by atoms with E-state index < -0.39 is 5.60 Å². The lowest BCUT2D eigenvalue weighted by molar-refractivity contribution is -0.0387. The Morgan fingerprint density at radius 1 is 1.38 bits per heavy atom. The van der Waals surface area contributed by atoms with Gasteiger partial charge in [-0.25, -0.2) is 4.98 Å². The van der Waals surface area contributed by atoms with Crippen molar-refractivity contribution >= 4 is 23.2 Å². The maximum atomic E-state index is 10.0. The second-order valence-corrected chi connectivity index (χ2v) is 4.08. The van der Waals surface area contributed by atoms with Crippen molar-refractivity contribution in [3.8, 4) is 0 Å². The van der Waals surface area contributed by atoms with Crippen molar-refractivity contribution in [1.82, 2.24) is 4.98 Å². The molecule has 4 heteroatoms. The van der Waals surface area contributed by atoms with Crippen molar-refractivity contribution in [2.75, 3.05) is 0 Å². The van der Waals surface area contributed by atoms with Crippen molar-refractivity contribution in [2.24, 2.45) is 0 Å². The van der Waals surface area contributed by atoms with Crippen LogP contribution in [-0.2, 0) is 5.60 Å².